The maximum Gasteiger partial charge on any atom is 0.308 e. The highest BCUT2D eigenvalue weighted by Gasteiger charge is 2.34. The molecule has 1 fully saturated rings. The normalized spacial score (nSPS) is 13.6. The number of esters is 2. The Hall–Kier alpha value is -9.04. The van der Waals surface area contributed by atoms with E-state index in [0.29, 0.717) is 68.9 Å². The summed E-state index contributed by atoms with van der Waals surface area (Å²) in [4.78, 5) is 54.7. The van der Waals surface area contributed by atoms with Gasteiger partial charge in [0.25, 0.3) is 0 Å². The first-order valence-electron chi connectivity index (χ1n) is 33.1. The molecule has 13 heteroatoms. The monoisotopic (exact) mass is 1270 g/mol. The Balaban J connectivity index is 0.000000241. The van der Waals surface area contributed by atoms with Gasteiger partial charge in [-0.15, -0.1) is 0 Å². The number of benzene rings is 8. The van der Waals surface area contributed by atoms with Crippen molar-refractivity contribution in [2.45, 2.75) is 142 Å². The molecule has 0 aliphatic carbocycles. The predicted molar refractivity (Wildman–Crippen MR) is 371 cm³/mol. The van der Waals surface area contributed by atoms with Crippen molar-refractivity contribution in [2.75, 3.05) is 41.1 Å². The molecule has 0 radical (unpaired) electrons. The molecule has 0 spiro atoms. The molecule has 9 rings (SSSR count). The number of rotatable bonds is 30. The summed E-state index contributed by atoms with van der Waals surface area (Å²) in [7, 11) is 4.96. The van der Waals surface area contributed by atoms with E-state index in [1.807, 2.05) is 102 Å². The molecule has 494 valence electrons. The number of hydrogen-bond acceptors (Lipinski definition) is 11. The van der Waals surface area contributed by atoms with Gasteiger partial charge in [-0.25, -0.2) is 0 Å². The summed E-state index contributed by atoms with van der Waals surface area (Å²) < 4.78 is 27.9. The third-order valence-electron chi connectivity index (χ3n) is 17.5. The molecule has 0 aromatic heterocycles. The smallest absolute Gasteiger partial charge is 0.308 e. The summed E-state index contributed by atoms with van der Waals surface area (Å²) in [5.74, 6) is 2.28. The van der Waals surface area contributed by atoms with Crippen molar-refractivity contribution in [3.8, 4) is 28.7 Å². The molecule has 1 aliphatic rings. The van der Waals surface area contributed by atoms with Crippen molar-refractivity contribution in [1.29, 1.82) is 0 Å². The lowest BCUT2D eigenvalue weighted by molar-refractivity contribution is -0.134. The maximum atomic E-state index is 14.2. The van der Waals surface area contributed by atoms with Gasteiger partial charge >= 0.3 is 11.9 Å². The summed E-state index contributed by atoms with van der Waals surface area (Å²) in [5.41, 5.74) is 13.5. The number of likely N-dealkylation sites (tertiary alicyclic amines) is 1. The van der Waals surface area contributed by atoms with E-state index in [0.717, 1.165) is 117 Å². The van der Waals surface area contributed by atoms with Crippen LogP contribution in [0, 0.1) is 12.8 Å². The van der Waals surface area contributed by atoms with Crippen LogP contribution >= 0.6 is 0 Å². The summed E-state index contributed by atoms with van der Waals surface area (Å²) in [5, 5.41) is 23.2. The van der Waals surface area contributed by atoms with Crippen LogP contribution in [-0.4, -0.2) is 92.0 Å². The van der Waals surface area contributed by atoms with Crippen molar-refractivity contribution < 1.29 is 53.1 Å². The van der Waals surface area contributed by atoms with Crippen LogP contribution in [0.4, 0.5) is 0 Å². The van der Waals surface area contributed by atoms with Gasteiger partial charge in [-0.2, -0.15) is 0 Å². The molecule has 2 amide bonds. The Bertz CT molecular complexity index is 3610. The van der Waals surface area contributed by atoms with Crippen LogP contribution in [0.5, 0.6) is 28.7 Å². The van der Waals surface area contributed by atoms with Gasteiger partial charge in [-0.3, -0.25) is 19.2 Å². The number of carbonyl (C=O) groups excluding carboxylic acids is 4. The molecular formula is C81H94N2O11. The van der Waals surface area contributed by atoms with E-state index in [1.165, 1.54) is 25.0 Å². The fourth-order valence-corrected chi connectivity index (χ4v) is 12.5. The number of nitrogens with zero attached hydrogens (tertiary/aromatic N) is 1. The van der Waals surface area contributed by atoms with Crippen molar-refractivity contribution in [1.82, 2.24) is 10.2 Å². The number of aryl methyl sites for hydroxylation is 9. The van der Waals surface area contributed by atoms with Crippen LogP contribution in [0.15, 0.2) is 182 Å². The van der Waals surface area contributed by atoms with E-state index in [2.05, 4.69) is 111 Å². The highest BCUT2D eigenvalue weighted by molar-refractivity contribution is 5.85. The fraction of sp³-hybridized carbons (Fsp3) is 0.358. The zero-order valence-electron chi connectivity index (χ0n) is 56.0. The minimum Gasteiger partial charge on any atom is -0.497 e. The summed E-state index contributed by atoms with van der Waals surface area (Å²) in [6, 6.07) is 60.2. The maximum absolute atomic E-state index is 14.2. The Morgan fingerprint density at radius 1 is 0.500 bits per heavy atom. The topological polar surface area (TPSA) is 170 Å². The van der Waals surface area contributed by atoms with E-state index in [4.69, 9.17) is 23.7 Å². The molecule has 0 bridgehead atoms. The quantitative estimate of drug-likeness (QED) is 0.0289. The number of carbonyl (C=O) groups is 4. The summed E-state index contributed by atoms with van der Waals surface area (Å²) >= 11 is 0. The molecule has 13 nitrogen and oxygen atoms in total. The number of methoxy groups -OCH3 is 3. The molecule has 1 saturated heterocycles. The van der Waals surface area contributed by atoms with Gasteiger partial charge < -0.3 is 44.1 Å². The van der Waals surface area contributed by atoms with Crippen molar-refractivity contribution in [3.63, 3.8) is 0 Å². The van der Waals surface area contributed by atoms with Gasteiger partial charge in [0.15, 0.2) is 0 Å². The van der Waals surface area contributed by atoms with Crippen LogP contribution in [0.2, 0.25) is 0 Å². The zero-order chi connectivity index (χ0) is 66.9. The first kappa shape index (κ1) is 70.8. The molecule has 1 aliphatic heterocycles. The van der Waals surface area contributed by atoms with Crippen LogP contribution in [0.3, 0.4) is 0 Å². The SMILES string of the molecule is COc1ccc(CCc2cc(CC(C(=O)N3CCC[C@H]3CO)c3ccccc3)cc(CCc3ccc(OC)cc3)c2OC(C)=O)cc1.COc1ccc(CCc2cc(CC(C(=O)N[C@H](CO)CC(C)C)c3ccccc3)cc(CCc3ccc(C)cc3)c2OC(C)=O)cc1. The number of nitrogens with one attached hydrogen (secondary N) is 1. The summed E-state index contributed by atoms with van der Waals surface area (Å²) in [6.45, 7) is 9.63. The number of ether oxygens (including phenoxy) is 5. The van der Waals surface area contributed by atoms with Crippen LogP contribution in [0.25, 0.3) is 0 Å². The van der Waals surface area contributed by atoms with E-state index in [-0.39, 0.29) is 49.1 Å². The van der Waals surface area contributed by atoms with Gasteiger partial charge in [0, 0.05) is 20.4 Å². The standard InChI is InChI=1S/C41H49NO5.C40H45NO6/c1-28(2)23-37(27-43)42-41(45)39(34-9-7-6-8-10-34)26-33-24-35(19-15-31-13-11-29(3)12-14-31)40(47-30(4)44)36(25-33)20-16-32-17-21-38(46-5)22-18-32;1-28(43)47-39-33(17-11-29-13-19-36(45-2)20-14-29)24-31(25-34(39)18-12-30-15-21-37(46-3)22-16-30)26-38(32-8-5-4-6-9-32)40(44)41-23-7-10-35(41)27-42/h6-14,17-18,21-22,24-25,28,37,39,43H,15-16,19-20,23,26-27H2,1-5H3,(H,42,45);4-6,8-9,13-16,19-22,24-25,35,38,42H,7,10-12,17-18,23,26-27H2,1-3H3/t37-,39?;35-,38?/m00/s1. The molecule has 2 unspecified atom stereocenters. The summed E-state index contributed by atoms with van der Waals surface area (Å²) in [6.07, 6.45) is 9.00. The van der Waals surface area contributed by atoms with E-state index >= 15 is 0 Å². The largest absolute Gasteiger partial charge is 0.497 e. The molecule has 3 N–H and O–H groups in total. The lowest BCUT2D eigenvalue weighted by Gasteiger charge is -2.29. The number of aliphatic hydroxyl groups is 2. The number of amides is 2. The van der Waals surface area contributed by atoms with Crippen LogP contribution in [0.1, 0.15) is 131 Å². The molecule has 8 aromatic carbocycles. The van der Waals surface area contributed by atoms with Gasteiger partial charge in [-0.1, -0.05) is 165 Å². The second-order valence-electron chi connectivity index (χ2n) is 25.1. The molecule has 8 aromatic rings. The van der Waals surface area contributed by atoms with Gasteiger partial charge in [0.05, 0.1) is 58.5 Å². The van der Waals surface area contributed by atoms with Crippen molar-refractivity contribution >= 4 is 23.8 Å². The minimum atomic E-state index is -0.462. The third kappa shape index (κ3) is 21.0. The molecule has 1 heterocycles. The highest BCUT2D eigenvalue weighted by Crippen LogP contribution is 2.36. The average molecular weight is 1270 g/mol. The Labute approximate surface area is 556 Å². The Morgan fingerprint density at radius 3 is 1.22 bits per heavy atom. The van der Waals surface area contributed by atoms with E-state index in [1.54, 1.807) is 21.3 Å². The minimum absolute atomic E-state index is 0.0324. The average Bonchev–Trinajstić information content (AvgIpc) is 1.06. The fourth-order valence-electron chi connectivity index (χ4n) is 12.5. The number of hydrogen-bond donors (Lipinski definition) is 3. The Kier molecular flexibility index (Phi) is 27.0. The lowest BCUT2D eigenvalue weighted by atomic mass is 9.87. The van der Waals surface area contributed by atoms with Crippen molar-refractivity contribution in [2.24, 2.45) is 5.92 Å². The van der Waals surface area contributed by atoms with Crippen molar-refractivity contribution in [3.05, 3.63) is 254 Å². The molecule has 0 saturated carbocycles. The predicted octanol–water partition coefficient (Wildman–Crippen LogP) is 13.9. The second-order valence-corrected chi connectivity index (χ2v) is 25.1. The molecule has 4 atom stereocenters. The molecule has 94 heavy (non-hydrogen) atoms. The lowest BCUT2D eigenvalue weighted by Crippen LogP contribution is -2.41. The first-order chi connectivity index (χ1) is 45.5. The molecular weight excluding hydrogens is 1180 g/mol. The van der Waals surface area contributed by atoms with Gasteiger partial charge in [0.1, 0.15) is 28.7 Å². The van der Waals surface area contributed by atoms with Gasteiger partial charge in [-0.05, 0) is 199 Å². The van der Waals surface area contributed by atoms with Crippen LogP contribution < -0.4 is 29.0 Å². The van der Waals surface area contributed by atoms with E-state index in [9.17, 15) is 29.4 Å². The van der Waals surface area contributed by atoms with Crippen LogP contribution in [-0.2, 0) is 83.4 Å². The number of aliphatic hydroxyl groups excluding tert-OH is 2. The zero-order valence-corrected chi connectivity index (χ0v) is 56.0. The second kappa shape index (κ2) is 35.8. The Morgan fingerprint density at radius 2 is 0.872 bits per heavy atom. The first-order valence-corrected chi connectivity index (χ1v) is 33.1. The third-order valence-corrected chi connectivity index (χ3v) is 17.5. The van der Waals surface area contributed by atoms with E-state index < -0.39 is 11.8 Å². The van der Waals surface area contributed by atoms with Gasteiger partial charge in [0.2, 0.25) is 11.8 Å². The highest BCUT2D eigenvalue weighted by atomic mass is 16.5.